The van der Waals surface area contributed by atoms with Gasteiger partial charge in [0.15, 0.2) is 17.2 Å². The summed E-state index contributed by atoms with van der Waals surface area (Å²) in [5, 5.41) is 0. The van der Waals surface area contributed by atoms with Crippen LogP contribution in [-0.2, 0) is 9.53 Å². The molecule has 0 saturated carbocycles. The minimum Gasteiger partial charge on any atom is -0.493 e. The Morgan fingerprint density at radius 1 is 1.15 bits per heavy atom. The van der Waals surface area contributed by atoms with Gasteiger partial charge >= 0.3 is 12.6 Å². The third-order valence-electron chi connectivity index (χ3n) is 3.70. The summed E-state index contributed by atoms with van der Waals surface area (Å²) in [4.78, 5) is 16.3. The number of carbonyl (C=O) groups excluding carboxylic acids is 1. The molecule has 3 rings (SSSR count). The molecule has 0 saturated heterocycles. The molecule has 7 heteroatoms. The number of alkyl halides is 2. The molecule has 0 bridgehead atoms. The number of ether oxygens (including phenoxy) is 3. The van der Waals surface area contributed by atoms with Crippen LogP contribution in [0, 0.1) is 6.92 Å². The van der Waals surface area contributed by atoms with Crippen LogP contribution in [-0.4, -0.2) is 25.6 Å². The van der Waals surface area contributed by atoms with E-state index in [-0.39, 0.29) is 23.1 Å². The quantitative estimate of drug-likeness (QED) is 0.599. The maximum absolute atomic E-state index is 12.5. The maximum atomic E-state index is 12.5. The topological polar surface area (TPSA) is 57.1 Å². The van der Waals surface area contributed by atoms with Crippen molar-refractivity contribution in [2.45, 2.75) is 13.5 Å². The highest BCUT2D eigenvalue weighted by Crippen LogP contribution is 2.31. The summed E-state index contributed by atoms with van der Waals surface area (Å²) < 4.78 is 39.7. The second-order valence-corrected chi connectivity index (χ2v) is 5.44. The maximum Gasteiger partial charge on any atom is 0.387 e. The molecule has 0 amide bonds. The van der Waals surface area contributed by atoms with E-state index in [0.29, 0.717) is 11.1 Å². The number of hydrogen-bond acceptors (Lipinski definition) is 5. The lowest BCUT2D eigenvalue weighted by atomic mass is 10.1. The highest BCUT2D eigenvalue weighted by atomic mass is 19.3. The molecule has 1 aliphatic rings. The first-order valence-corrected chi connectivity index (χ1v) is 7.69. The first-order valence-electron chi connectivity index (χ1n) is 7.69. The van der Waals surface area contributed by atoms with Gasteiger partial charge in [-0.15, -0.1) is 0 Å². The number of halogens is 2. The number of nitrogens with zero attached hydrogens (tertiary/aromatic N) is 1. The van der Waals surface area contributed by atoms with E-state index in [4.69, 9.17) is 9.47 Å². The molecular formula is C19H15F2NO4. The summed E-state index contributed by atoms with van der Waals surface area (Å²) in [6.45, 7) is -1.11. The lowest BCUT2D eigenvalue weighted by Gasteiger charge is -2.10. The van der Waals surface area contributed by atoms with Crippen molar-refractivity contribution in [3.8, 4) is 11.5 Å². The number of hydrogen-bond donors (Lipinski definition) is 0. The zero-order valence-corrected chi connectivity index (χ0v) is 14.0. The van der Waals surface area contributed by atoms with E-state index in [2.05, 4.69) is 9.73 Å². The van der Waals surface area contributed by atoms with E-state index in [1.165, 1.54) is 25.3 Å². The molecule has 0 aromatic heterocycles. The molecule has 0 radical (unpaired) electrons. The summed E-state index contributed by atoms with van der Waals surface area (Å²) in [6.07, 6.45) is 1.44. The predicted molar refractivity (Wildman–Crippen MR) is 91.4 cm³/mol. The van der Waals surface area contributed by atoms with Crippen LogP contribution in [0.2, 0.25) is 0 Å². The lowest BCUT2D eigenvalue weighted by molar-refractivity contribution is -0.129. The highest BCUT2D eigenvalue weighted by Gasteiger charge is 2.25. The molecule has 0 unspecified atom stereocenters. The van der Waals surface area contributed by atoms with Gasteiger partial charge in [0, 0.05) is 5.56 Å². The van der Waals surface area contributed by atoms with Crippen LogP contribution in [0.3, 0.4) is 0 Å². The smallest absolute Gasteiger partial charge is 0.387 e. The van der Waals surface area contributed by atoms with Crippen LogP contribution in [0.25, 0.3) is 6.08 Å². The Morgan fingerprint density at radius 3 is 2.62 bits per heavy atom. The number of benzene rings is 2. The van der Waals surface area contributed by atoms with E-state index in [0.717, 1.165) is 5.56 Å². The molecule has 1 heterocycles. The number of aryl methyl sites for hydroxylation is 1. The van der Waals surface area contributed by atoms with Crippen LogP contribution in [0.4, 0.5) is 8.78 Å². The van der Waals surface area contributed by atoms with Gasteiger partial charge < -0.3 is 14.2 Å². The summed E-state index contributed by atoms with van der Waals surface area (Å²) in [7, 11) is 1.35. The van der Waals surface area contributed by atoms with Crippen molar-refractivity contribution in [1.29, 1.82) is 0 Å². The monoisotopic (exact) mass is 359 g/mol. The molecule has 0 N–H and O–H groups in total. The lowest BCUT2D eigenvalue weighted by Crippen LogP contribution is -2.06. The van der Waals surface area contributed by atoms with Gasteiger partial charge in [-0.25, -0.2) is 9.79 Å². The van der Waals surface area contributed by atoms with Gasteiger partial charge in [0.1, 0.15) is 0 Å². The van der Waals surface area contributed by atoms with Gasteiger partial charge in [0.25, 0.3) is 0 Å². The molecule has 0 atom stereocenters. The van der Waals surface area contributed by atoms with Crippen molar-refractivity contribution in [3.05, 3.63) is 64.9 Å². The standard InChI is InChI=1S/C19H15F2NO4/c1-11-5-3-4-6-13(11)17-22-14(18(23)26-17)9-12-7-8-15(24-2)16(10-12)25-19(20)21/h3-10,19H,1-2H3/b14-9+. The number of rotatable bonds is 5. The van der Waals surface area contributed by atoms with Crippen molar-refractivity contribution in [2.24, 2.45) is 4.99 Å². The van der Waals surface area contributed by atoms with Crippen molar-refractivity contribution in [2.75, 3.05) is 7.11 Å². The molecule has 134 valence electrons. The highest BCUT2D eigenvalue weighted by molar-refractivity contribution is 6.13. The van der Waals surface area contributed by atoms with E-state index >= 15 is 0 Å². The van der Waals surface area contributed by atoms with E-state index in [1.807, 2.05) is 25.1 Å². The van der Waals surface area contributed by atoms with E-state index < -0.39 is 12.6 Å². The molecular weight excluding hydrogens is 344 g/mol. The Hall–Kier alpha value is -3.22. The second kappa shape index (κ2) is 7.35. The fraction of sp³-hybridized carbons (Fsp3) is 0.158. The fourth-order valence-electron chi connectivity index (χ4n) is 2.47. The number of cyclic esters (lactones) is 1. The van der Waals surface area contributed by atoms with Gasteiger partial charge in [-0.1, -0.05) is 24.3 Å². The SMILES string of the molecule is COc1ccc(/C=C2/N=C(c3ccccc3C)OC2=O)cc1OC(F)F. The first kappa shape index (κ1) is 17.6. The fourth-order valence-corrected chi connectivity index (χ4v) is 2.47. The number of carbonyl (C=O) groups is 1. The van der Waals surface area contributed by atoms with Gasteiger partial charge in [-0.3, -0.25) is 0 Å². The number of aliphatic imine (C=N–C) groups is 1. The summed E-state index contributed by atoms with van der Waals surface area (Å²) in [5.41, 5.74) is 2.14. The van der Waals surface area contributed by atoms with Crippen LogP contribution < -0.4 is 9.47 Å². The molecule has 2 aromatic rings. The van der Waals surface area contributed by atoms with Crippen LogP contribution >= 0.6 is 0 Å². The normalized spacial score (nSPS) is 15.2. The van der Waals surface area contributed by atoms with Gasteiger partial charge in [-0.2, -0.15) is 8.78 Å². The molecule has 0 aliphatic carbocycles. The molecule has 0 spiro atoms. The molecule has 26 heavy (non-hydrogen) atoms. The minimum atomic E-state index is -2.99. The second-order valence-electron chi connectivity index (χ2n) is 5.44. The van der Waals surface area contributed by atoms with Crippen LogP contribution in [0.15, 0.2) is 53.2 Å². The van der Waals surface area contributed by atoms with E-state index in [9.17, 15) is 13.6 Å². The summed E-state index contributed by atoms with van der Waals surface area (Å²) >= 11 is 0. The van der Waals surface area contributed by atoms with Crippen molar-refractivity contribution >= 4 is 17.9 Å². The third-order valence-corrected chi connectivity index (χ3v) is 3.70. The Labute approximate surface area is 148 Å². The van der Waals surface area contributed by atoms with Gasteiger partial charge in [-0.05, 0) is 42.3 Å². The molecule has 0 fully saturated rings. The van der Waals surface area contributed by atoms with Crippen LogP contribution in [0.5, 0.6) is 11.5 Å². The Bertz CT molecular complexity index is 906. The van der Waals surface area contributed by atoms with Gasteiger partial charge in [0.05, 0.1) is 7.11 Å². The number of methoxy groups -OCH3 is 1. The average Bonchev–Trinajstić information content (AvgIpc) is 2.95. The molecule has 1 aliphatic heterocycles. The Morgan fingerprint density at radius 2 is 1.92 bits per heavy atom. The molecule has 2 aromatic carbocycles. The van der Waals surface area contributed by atoms with Crippen molar-refractivity contribution in [3.63, 3.8) is 0 Å². The van der Waals surface area contributed by atoms with Crippen molar-refractivity contribution < 1.29 is 27.8 Å². The number of esters is 1. The van der Waals surface area contributed by atoms with Gasteiger partial charge in [0.2, 0.25) is 5.90 Å². The summed E-state index contributed by atoms with van der Waals surface area (Å²) in [6, 6.07) is 11.8. The van der Waals surface area contributed by atoms with E-state index in [1.54, 1.807) is 12.1 Å². The molecule has 5 nitrogen and oxygen atoms in total. The summed E-state index contributed by atoms with van der Waals surface area (Å²) in [5.74, 6) is -0.385. The largest absolute Gasteiger partial charge is 0.493 e. The minimum absolute atomic E-state index is 0.0661. The Kier molecular flexibility index (Phi) is 4.97. The zero-order chi connectivity index (χ0) is 18.7. The Balaban J connectivity index is 1.94. The third kappa shape index (κ3) is 3.72. The predicted octanol–water partition coefficient (Wildman–Crippen LogP) is 3.95. The van der Waals surface area contributed by atoms with Crippen molar-refractivity contribution in [1.82, 2.24) is 0 Å². The van der Waals surface area contributed by atoms with Crippen LogP contribution in [0.1, 0.15) is 16.7 Å². The average molecular weight is 359 g/mol. The first-order chi connectivity index (χ1) is 12.5. The zero-order valence-electron chi connectivity index (χ0n) is 14.0.